The van der Waals surface area contributed by atoms with Crippen molar-refractivity contribution in [1.29, 1.82) is 0 Å². The first-order chi connectivity index (χ1) is 12.4. The zero-order valence-electron chi connectivity index (χ0n) is 14.8. The molecule has 0 radical (unpaired) electrons. The van der Waals surface area contributed by atoms with Crippen molar-refractivity contribution in [3.05, 3.63) is 30.3 Å². The van der Waals surface area contributed by atoms with Gasteiger partial charge in [0.2, 0.25) is 11.1 Å². The second-order valence-electron chi connectivity index (χ2n) is 6.27. The van der Waals surface area contributed by atoms with Crippen molar-refractivity contribution in [2.24, 2.45) is 0 Å². The Kier molecular flexibility index (Phi) is 5.67. The summed E-state index contributed by atoms with van der Waals surface area (Å²) in [4.78, 5) is 18.9. The molecule has 1 N–H and O–H groups in total. The molecule has 2 atom stereocenters. The van der Waals surface area contributed by atoms with Crippen LogP contribution in [0.3, 0.4) is 0 Å². The van der Waals surface area contributed by atoms with Gasteiger partial charge >= 0.3 is 0 Å². The van der Waals surface area contributed by atoms with E-state index in [0.717, 1.165) is 5.56 Å². The van der Waals surface area contributed by atoms with Gasteiger partial charge in [-0.15, -0.1) is 5.10 Å². The second-order valence-corrected chi connectivity index (χ2v) is 9.81. The summed E-state index contributed by atoms with van der Waals surface area (Å²) in [6.07, 6.45) is 0.512. The van der Waals surface area contributed by atoms with Crippen molar-refractivity contribution < 1.29 is 13.2 Å². The van der Waals surface area contributed by atoms with Gasteiger partial charge in [-0.25, -0.2) is 13.4 Å². The van der Waals surface area contributed by atoms with E-state index < -0.39 is 15.1 Å². The van der Waals surface area contributed by atoms with E-state index in [1.54, 1.807) is 11.8 Å². The predicted molar refractivity (Wildman–Crippen MR) is 102 cm³/mol. The predicted octanol–water partition coefficient (Wildman–Crippen LogP) is 1.99. The largest absolute Gasteiger partial charge is 0.338 e. The first kappa shape index (κ1) is 18.9. The average Bonchev–Trinajstić information content (AvgIpc) is 3.22. The fourth-order valence-corrected chi connectivity index (χ4v) is 5.61. The fourth-order valence-electron chi connectivity index (χ4n) is 3.08. The molecule has 0 aliphatic carbocycles. The van der Waals surface area contributed by atoms with Crippen LogP contribution >= 0.6 is 11.8 Å². The SMILES string of the molecule is CCN(C(=O)[C@H](C)Sc1n[nH]c(-c2ccccc2)n1)[C@@H]1CCS(=O)(=O)C1. The molecule has 140 valence electrons. The topological polar surface area (TPSA) is 96.0 Å². The number of thioether (sulfide) groups is 1. The highest BCUT2D eigenvalue weighted by molar-refractivity contribution is 8.00. The molecular weight excluding hydrogens is 372 g/mol. The van der Waals surface area contributed by atoms with Gasteiger partial charge in [-0.05, 0) is 20.3 Å². The number of sulfone groups is 1. The van der Waals surface area contributed by atoms with Crippen LogP contribution in [0.15, 0.2) is 35.5 Å². The molecule has 1 aliphatic rings. The van der Waals surface area contributed by atoms with E-state index >= 15 is 0 Å². The van der Waals surface area contributed by atoms with Crippen LogP contribution in [0.25, 0.3) is 11.4 Å². The van der Waals surface area contributed by atoms with E-state index in [4.69, 9.17) is 0 Å². The van der Waals surface area contributed by atoms with Gasteiger partial charge in [0.1, 0.15) is 0 Å². The minimum absolute atomic E-state index is 0.0583. The maximum absolute atomic E-state index is 12.8. The molecule has 26 heavy (non-hydrogen) atoms. The number of carbonyl (C=O) groups is 1. The minimum Gasteiger partial charge on any atom is -0.338 e. The molecule has 2 aromatic rings. The first-order valence-corrected chi connectivity index (χ1v) is 11.2. The van der Waals surface area contributed by atoms with Crippen molar-refractivity contribution in [1.82, 2.24) is 20.1 Å². The summed E-state index contributed by atoms with van der Waals surface area (Å²) >= 11 is 1.28. The third-order valence-corrected chi connectivity index (χ3v) is 7.11. The number of amides is 1. The minimum atomic E-state index is -3.03. The molecule has 2 heterocycles. The van der Waals surface area contributed by atoms with Crippen LogP contribution in [-0.2, 0) is 14.6 Å². The monoisotopic (exact) mass is 394 g/mol. The Balaban J connectivity index is 1.66. The Morgan fingerprint density at radius 2 is 2.12 bits per heavy atom. The summed E-state index contributed by atoms with van der Waals surface area (Å²) < 4.78 is 23.4. The molecule has 9 heteroatoms. The van der Waals surface area contributed by atoms with E-state index in [1.807, 2.05) is 37.3 Å². The maximum Gasteiger partial charge on any atom is 0.236 e. The number of hydrogen-bond donors (Lipinski definition) is 1. The van der Waals surface area contributed by atoms with Crippen LogP contribution < -0.4 is 0 Å². The maximum atomic E-state index is 12.8. The average molecular weight is 395 g/mol. The number of nitrogens with zero attached hydrogens (tertiary/aromatic N) is 3. The van der Waals surface area contributed by atoms with Gasteiger partial charge in [0.05, 0.1) is 16.8 Å². The van der Waals surface area contributed by atoms with Crippen LogP contribution in [0.2, 0.25) is 0 Å². The zero-order chi connectivity index (χ0) is 18.7. The molecule has 1 aliphatic heterocycles. The van der Waals surface area contributed by atoms with Crippen LogP contribution in [0.1, 0.15) is 20.3 Å². The van der Waals surface area contributed by atoms with Gasteiger partial charge in [-0.3, -0.25) is 9.89 Å². The smallest absolute Gasteiger partial charge is 0.236 e. The lowest BCUT2D eigenvalue weighted by Gasteiger charge is -2.29. The molecular formula is C17H22N4O3S2. The second kappa shape index (κ2) is 7.79. The summed E-state index contributed by atoms with van der Waals surface area (Å²) in [5, 5.41) is 7.18. The highest BCUT2D eigenvalue weighted by Crippen LogP contribution is 2.26. The van der Waals surface area contributed by atoms with Gasteiger partial charge in [-0.1, -0.05) is 42.1 Å². The molecule has 1 aromatic carbocycles. The van der Waals surface area contributed by atoms with Crippen molar-refractivity contribution in [2.75, 3.05) is 18.1 Å². The van der Waals surface area contributed by atoms with E-state index in [9.17, 15) is 13.2 Å². The summed E-state index contributed by atoms with van der Waals surface area (Å²) in [5.74, 6) is 0.792. The number of H-pyrrole nitrogens is 1. The van der Waals surface area contributed by atoms with Gasteiger partial charge in [0.15, 0.2) is 15.7 Å². The number of aromatic amines is 1. The Morgan fingerprint density at radius 1 is 1.38 bits per heavy atom. The molecule has 0 unspecified atom stereocenters. The summed E-state index contributed by atoms with van der Waals surface area (Å²) in [6, 6.07) is 9.41. The molecule has 1 saturated heterocycles. The third kappa shape index (κ3) is 4.27. The molecule has 1 amide bonds. The standard InChI is InChI=1S/C17H22N4O3S2/c1-3-21(14-9-10-26(23,24)11-14)16(22)12(2)25-17-18-15(19-20-17)13-7-5-4-6-8-13/h4-8,12,14H,3,9-11H2,1-2H3,(H,18,19,20)/t12-,14+/m0/s1. The molecule has 3 rings (SSSR count). The Hall–Kier alpha value is -1.87. The molecule has 7 nitrogen and oxygen atoms in total. The van der Waals surface area contributed by atoms with E-state index in [2.05, 4.69) is 15.2 Å². The van der Waals surface area contributed by atoms with Crippen molar-refractivity contribution >= 4 is 27.5 Å². The summed E-state index contributed by atoms with van der Waals surface area (Å²) in [7, 11) is -3.03. The molecule has 0 saturated carbocycles. The van der Waals surface area contributed by atoms with Crippen LogP contribution in [0.4, 0.5) is 0 Å². The molecule has 1 aromatic heterocycles. The third-order valence-electron chi connectivity index (χ3n) is 4.42. The number of rotatable bonds is 6. The Bertz CT molecular complexity index is 867. The van der Waals surface area contributed by atoms with Gasteiger partial charge < -0.3 is 4.90 Å². The summed E-state index contributed by atoms with van der Waals surface area (Å²) in [5.41, 5.74) is 0.928. The zero-order valence-corrected chi connectivity index (χ0v) is 16.4. The van der Waals surface area contributed by atoms with Gasteiger partial charge in [0, 0.05) is 18.2 Å². The summed E-state index contributed by atoms with van der Waals surface area (Å²) in [6.45, 7) is 4.17. The number of benzene rings is 1. The molecule has 0 spiro atoms. The van der Waals surface area contributed by atoms with E-state index in [-0.39, 0.29) is 23.5 Å². The van der Waals surface area contributed by atoms with Crippen molar-refractivity contribution in [3.63, 3.8) is 0 Å². The van der Waals surface area contributed by atoms with Crippen molar-refractivity contribution in [2.45, 2.75) is 36.7 Å². The highest BCUT2D eigenvalue weighted by atomic mass is 32.2. The van der Waals surface area contributed by atoms with Gasteiger partial charge in [0.25, 0.3) is 0 Å². The number of carbonyl (C=O) groups excluding carboxylic acids is 1. The lowest BCUT2D eigenvalue weighted by molar-refractivity contribution is -0.131. The molecule has 0 bridgehead atoms. The number of aromatic nitrogens is 3. The Labute approximate surface area is 157 Å². The lowest BCUT2D eigenvalue weighted by atomic mass is 10.2. The van der Waals surface area contributed by atoms with Crippen molar-refractivity contribution in [3.8, 4) is 11.4 Å². The number of hydrogen-bond acceptors (Lipinski definition) is 6. The lowest BCUT2D eigenvalue weighted by Crippen LogP contribution is -2.44. The van der Waals surface area contributed by atoms with Crippen LogP contribution in [0, 0.1) is 0 Å². The van der Waals surface area contributed by atoms with E-state index in [1.165, 1.54) is 11.8 Å². The van der Waals surface area contributed by atoms with Gasteiger partial charge in [-0.2, -0.15) is 0 Å². The van der Waals surface area contributed by atoms with Crippen LogP contribution in [0.5, 0.6) is 0 Å². The van der Waals surface area contributed by atoms with Crippen LogP contribution in [-0.4, -0.2) is 63.7 Å². The number of nitrogens with one attached hydrogen (secondary N) is 1. The normalized spacial score (nSPS) is 20.0. The first-order valence-electron chi connectivity index (χ1n) is 8.55. The fraction of sp³-hybridized carbons (Fsp3) is 0.471. The Morgan fingerprint density at radius 3 is 2.73 bits per heavy atom. The molecule has 1 fully saturated rings. The van der Waals surface area contributed by atoms with E-state index in [0.29, 0.717) is 23.9 Å². The highest BCUT2D eigenvalue weighted by Gasteiger charge is 2.35. The quantitative estimate of drug-likeness (QED) is 0.753.